The number of sulfonamides is 1. The van der Waals surface area contributed by atoms with Crippen molar-refractivity contribution in [3.63, 3.8) is 0 Å². The molecule has 1 aliphatic heterocycles. The predicted molar refractivity (Wildman–Crippen MR) is 123 cm³/mol. The third-order valence-electron chi connectivity index (χ3n) is 7.14. The van der Waals surface area contributed by atoms with Crippen LogP contribution in [-0.4, -0.2) is 59.5 Å². The molecule has 3 fully saturated rings. The van der Waals surface area contributed by atoms with Crippen LogP contribution in [0.15, 0.2) is 35.3 Å². The lowest BCUT2D eigenvalue weighted by Crippen LogP contribution is -2.50. The molecule has 1 aromatic heterocycles. The minimum absolute atomic E-state index is 0.221. The number of piperazine rings is 1. The van der Waals surface area contributed by atoms with E-state index in [1.807, 2.05) is 4.90 Å². The summed E-state index contributed by atoms with van der Waals surface area (Å²) in [6.07, 6.45) is 5.62. The molecule has 2 aromatic rings. The Bertz CT molecular complexity index is 1220. The predicted octanol–water partition coefficient (Wildman–Crippen LogP) is 2.55. The van der Waals surface area contributed by atoms with Crippen LogP contribution in [0.25, 0.3) is 5.69 Å². The van der Waals surface area contributed by atoms with Crippen molar-refractivity contribution in [2.75, 3.05) is 31.1 Å². The number of benzene rings is 1. The maximum absolute atomic E-state index is 13.8. The summed E-state index contributed by atoms with van der Waals surface area (Å²) < 4.78 is 48.0. The molecule has 2 unspecified atom stereocenters. The summed E-state index contributed by atoms with van der Waals surface area (Å²) in [6, 6.07) is 5.75. The number of anilines is 1. The van der Waals surface area contributed by atoms with Crippen LogP contribution >= 0.6 is 0 Å². The molecule has 0 bridgehead atoms. The fraction of sp³-hybridized carbons (Fsp3) is 0.565. The highest BCUT2D eigenvalue weighted by molar-refractivity contribution is 7.89. The molecule has 0 amide bonds. The Morgan fingerprint density at radius 1 is 1.21 bits per heavy atom. The smallest absolute Gasteiger partial charge is 0.316 e. The van der Waals surface area contributed by atoms with Gasteiger partial charge in [0.05, 0.1) is 17.1 Å². The van der Waals surface area contributed by atoms with Gasteiger partial charge in [-0.2, -0.15) is 14.1 Å². The Kier molecular flexibility index (Phi) is 5.48. The van der Waals surface area contributed by atoms with E-state index in [2.05, 4.69) is 5.10 Å². The van der Waals surface area contributed by atoms with Crippen LogP contribution in [0.2, 0.25) is 0 Å². The van der Waals surface area contributed by atoms with Gasteiger partial charge in [-0.1, -0.05) is 6.07 Å². The van der Waals surface area contributed by atoms with E-state index in [4.69, 9.17) is 4.74 Å². The highest BCUT2D eigenvalue weighted by Gasteiger charge is 2.60. The molecular formula is C23H29FN4O4S. The van der Waals surface area contributed by atoms with Gasteiger partial charge >= 0.3 is 5.56 Å². The van der Waals surface area contributed by atoms with Gasteiger partial charge in [0.1, 0.15) is 17.1 Å². The van der Waals surface area contributed by atoms with Gasteiger partial charge in [-0.05, 0) is 57.7 Å². The standard InChI is InChI=1S/C23H29FN4O4S/c1-16(2)33(30,31)27-11-9-26(10-12-27)20-15-25-28(19-7-3-6-18(24)13-19)22(29)21(20)32-23-8-4-5-17(23)14-23/h3,6-7,13,15-17H,4-5,8-12,14H2,1-2H3. The maximum atomic E-state index is 13.8. The number of halogens is 1. The van der Waals surface area contributed by atoms with E-state index in [-0.39, 0.29) is 11.4 Å². The van der Waals surface area contributed by atoms with Gasteiger partial charge in [0.2, 0.25) is 15.8 Å². The van der Waals surface area contributed by atoms with Gasteiger partial charge in [0.25, 0.3) is 0 Å². The first-order chi connectivity index (χ1) is 15.7. The summed E-state index contributed by atoms with van der Waals surface area (Å²) in [4.78, 5) is 15.5. The second kappa shape index (κ2) is 8.09. The molecule has 33 heavy (non-hydrogen) atoms. The van der Waals surface area contributed by atoms with E-state index < -0.39 is 26.6 Å². The first kappa shape index (κ1) is 22.3. The van der Waals surface area contributed by atoms with Crippen LogP contribution in [0.5, 0.6) is 5.75 Å². The van der Waals surface area contributed by atoms with Gasteiger partial charge in [-0.15, -0.1) is 0 Å². The first-order valence-electron chi connectivity index (χ1n) is 11.5. The number of rotatable bonds is 6. The zero-order valence-electron chi connectivity index (χ0n) is 18.9. The molecule has 0 spiro atoms. The fourth-order valence-electron chi connectivity index (χ4n) is 5.08. The molecule has 1 saturated heterocycles. The summed E-state index contributed by atoms with van der Waals surface area (Å²) in [5.41, 5.74) is 0.182. The van der Waals surface area contributed by atoms with E-state index in [9.17, 15) is 17.6 Å². The van der Waals surface area contributed by atoms with Crippen LogP contribution in [0.1, 0.15) is 39.5 Å². The zero-order chi connectivity index (χ0) is 23.4. The van der Waals surface area contributed by atoms with Crippen LogP contribution in [0.4, 0.5) is 10.1 Å². The van der Waals surface area contributed by atoms with Crippen molar-refractivity contribution in [1.82, 2.24) is 14.1 Å². The average molecular weight is 477 g/mol. The molecule has 2 aliphatic carbocycles. The Balaban J connectivity index is 1.48. The number of aromatic nitrogens is 2. The Morgan fingerprint density at radius 3 is 2.58 bits per heavy atom. The minimum Gasteiger partial charge on any atom is -0.479 e. The molecule has 178 valence electrons. The van der Waals surface area contributed by atoms with Crippen molar-refractivity contribution in [2.24, 2.45) is 5.92 Å². The van der Waals surface area contributed by atoms with Crippen molar-refractivity contribution in [3.8, 4) is 11.4 Å². The summed E-state index contributed by atoms with van der Waals surface area (Å²) in [5.74, 6) is 0.235. The molecular weight excluding hydrogens is 447 g/mol. The second-order valence-electron chi connectivity index (χ2n) is 9.50. The molecule has 2 saturated carbocycles. The Morgan fingerprint density at radius 2 is 1.97 bits per heavy atom. The third-order valence-corrected chi connectivity index (χ3v) is 9.41. The van der Waals surface area contributed by atoms with Crippen molar-refractivity contribution < 1.29 is 17.5 Å². The highest BCUT2D eigenvalue weighted by Crippen LogP contribution is 2.58. The molecule has 0 N–H and O–H groups in total. The lowest BCUT2D eigenvalue weighted by Gasteiger charge is -2.36. The minimum atomic E-state index is -3.33. The summed E-state index contributed by atoms with van der Waals surface area (Å²) in [7, 11) is -3.33. The van der Waals surface area contributed by atoms with Crippen molar-refractivity contribution in [2.45, 2.75) is 50.4 Å². The van der Waals surface area contributed by atoms with Crippen LogP contribution in [-0.2, 0) is 10.0 Å². The summed E-state index contributed by atoms with van der Waals surface area (Å²) in [5, 5.41) is 3.84. The number of nitrogens with zero attached hydrogens (tertiary/aromatic N) is 4. The van der Waals surface area contributed by atoms with Gasteiger partial charge in [0.15, 0.2) is 0 Å². The SMILES string of the molecule is CC(C)S(=O)(=O)N1CCN(c2cnn(-c3cccc(F)c3)c(=O)c2OC23CCCC2C3)CC1. The largest absolute Gasteiger partial charge is 0.479 e. The topological polar surface area (TPSA) is 84.7 Å². The molecule has 2 atom stereocenters. The molecule has 2 heterocycles. The molecule has 8 nitrogen and oxygen atoms in total. The number of ether oxygens (including phenoxy) is 1. The van der Waals surface area contributed by atoms with Gasteiger partial charge < -0.3 is 9.64 Å². The Labute approximate surface area is 193 Å². The zero-order valence-corrected chi connectivity index (χ0v) is 19.7. The van der Waals surface area contributed by atoms with E-state index in [0.717, 1.165) is 25.7 Å². The van der Waals surface area contributed by atoms with E-state index in [1.165, 1.54) is 27.2 Å². The molecule has 5 rings (SSSR count). The normalized spacial score (nSPS) is 25.3. The number of fused-ring (bicyclic) bond motifs is 1. The lowest BCUT2D eigenvalue weighted by atomic mass is 10.2. The third kappa shape index (κ3) is 3.93. The van der Waals surface area contributed by atoms with Crippen molar-refractivity contribution in [1.29, 1.82) is 0 Å². The molecule has 3 aliphatic rings. The van der Waals surface area contributed by atoms with E-state index in [1.54, 1.807) is 26.1 Å². The van der Waals surface area contributed by atoms with E-state index in [0.29, 0.717) is 43.5 Å². The summed E-state index contributed by atoms with van der Waals surface area (Å²) in [6.45, 7) is 4.89. The van der Waals surface area contributed by atoms with E-state index >= 15 is 0 Å². The first-order valence-corrected chi connectivity index (χ1v) is 13.0. The summed E-state index contributed by atoms with van der Waals surface area (Å²) >= 11 is 0. The highest BCUT2D eigenvalue weighted by atomic mass is 32.2. The fourth-order valence-corrected chi connectivity index (χ4v) is 6.35. The van der Waals surface area contributed by atoms with Crippen molar-refractivity contribution >= 4 is 15.7 Å². The second-order valence-corrected chi connectivity index (χ2v) is 12.0. The average Bonchev–Trinajstić information content (AvgIpc) is 3.33. The quantitative estimate of drug-likeness (QED) is 0.637. The van der Waals surface area contributed by atoms with Gasteiger partial charge in [-0.3, -0.25) is 4.79 Å². The van der Waals surface area contributed by atoms with Crippen LogP contribution in [0.3, 0.4) is 0 Å². The number of hydrogen-bond acceptors (Lipinski definition) is 6. The monoisotopic (exact) mass is 476 g/mol. The van der Waals surface area contributed by atoms with Crippen LogP contribution in [0, 0.1) is 11.7 Å². The Hall–Kier alpha value is -2.46. The molecule has 10 heteroatoms. The van der Waals surface area contributed by atoms with Gasteiger partial charge in [0, 0.05) is 32.1 Å². The lowest BCUT2D eigenvalue weighted by molar-refractivity contribution is 0.167. The molecule has 1 aromatic carbocycles. The number of hydrogen-bond donors (Lipinski definition) is 0. The van der Waals surface area contributed by atoms with Gasteiger partial charge in [-0.25, -0.2) is 12.8 Å². The van der Waals surface area contributed by atoms with Crippen molar-refractivity contribution in [3.05, 3.63) is 46.6 Å². The van der Waals surface area contributed by atoms with Crippen LogP contribution < -0.4 is 15.2 Å². The maximum Gasteiger partial charge on any atom is 0.316 e. The molecule has 0 radical (unpaired) electrons.